The van der Waals surface area contributed by atoms with Crippen molar-refractivity contribution in [3.8, 4) is 5.75 Å². The number of aryl methyl sites for hydroxylation is 1. The predicted molar refractivity (Wildman–Crippen MR) is 86.7 cm³/mol. The molecule has 1 aromatic carbocycles. The molecule has 1 unspecified atom stereocenters. The highest BCUT2D eigenvalue weighted by Crippen LogP contribution is 2.12. The van der Waals surface area contributed by atoms with E-state index in [0.29, 0.717) is 19.4 Å². The highest BCUT2D eigenvalue weighted by molar-refractivity contribution is 5.76. The SMILES string of the molecule is Cc1ccc(OCCCC(=O)NC(C)c2cccnc2)cc1. The number of carbonyl (C=O) groups is 1. The summed E-state index contributed by atoms with van der Waals surface area (Å²) in [5, 5.41) is 2.97. The summed E-state index contributed by atoms with van der Waals surface area (Å²) in [6, 6.07) is 11.7. The summed E-state index contributed by atoms with van der Waals surface area (Å²) >= 11 is 0. The molecule has 0 saturated heterocycles. The highest BCUT2D eigenvalue weighted by Gasteiger charge is 2.09. The minimum atomic E-state index is -0.0285. The standard InChI is InChI=1S/C18H22N2O2/c1-14-7-9-17(10-8-14)22-12-4-6-18(21)20-15(2)16-5-3-11-19-13-16/h3,5,7-11,13,15H,4,6,12H2,1-2H3,(H,20,21). The van der Waals surface area contributed by atoms with E-state index in [9.17, 15) is 4.79 Å². The molecule has 0 aliphatic heterocycles. The van der Waals surface area contributed by atoms with Crippen LogP contribution >= 0.6 is 0 Å². The van der Waals surface area contributed by atoms with Gasteiger partial charge in [-0.05, 0) is 44.0 Å². The molecule has 116 valence electrons. The third kappa shape index (κ3) is 5.20. The zero-order valence-corrected chi connectivity index (χ0v) is 13.1. The van der Waals surface area contributed by atoms with Crippen molar-refractivity contribution in [3.63, 3.8) is 0 Å². The zero-order chi connectivity index (χ0) is 15.8. The van der Waals surface area contributed by atoms with E-state index < -0.39 is 0 Å². The lowest BCUT2D eigenvalue weighted by atomic mass is 10.1. The van der Waals surface area contributed by atoms with Crippen molar-refractivity contribution >= 4 is 5.91 Å². The molecule has 0 saturated carbocycles. The number of aromatic nitrogens is 1. The Morgan fingerprint density at radius 1 is 1.27 bits per heavy atom. The maximum Gasteiger partial charge on any atom is 0.220 e. The smallest absolute Gasteiger partial charge is 0.220 e. The van der Waals surface area contributed by atoms with E-state index in [1.165, 1.54) is 5.56 Å². The lowest BCUT2D eigenvalue weighted by molar-refractivity contribution is -0.121. The second-order valence-electron chi connectivity index (χ2n) is 5.34. The maximum absolute atomic E-state index is 11.9. The van der Waals surface area contributed by atoms with Crippen LogP contribution < -0.4 is 10.1 Å². The second kappa shape index (κ2) is 8.17. The molecule has 0 aliphatic rings. The Morgan fingerprint density at radius 3 is 2.73 bits per heavy atom. The number of hydrogen-bond acceptors (Lipinski definition) is 3. The fourth-order valence-electron chi connectivity index (χ4n) is 2.09. The molecule has 1 amide bonds. The fraction of sp³-hybridized carbons (Fsp3) is 0.333. The molecule has 1 heterocycles. The van der Waals surface area contributed by atoms with Gasteiger partial charge >= 0.3 is 0 Å². The van der Waals surface area contributed by atoms with Crippen LogP contribution in [0, 0.1) is 6.92 Å². The first kappa shape index (κ1) is 16.0. The first-order chi connectivity index (χ1) is 10.6. The first-order valence-corrected chi connectivity index (χ1v) is 7.54. The lowest BCUT2D eigenvalue weighted by Crippen LogP contribution is -2.26. The summed E-state index contributed by atoms with van der Waals surface area (Å²) in [6.45, 7) is 4.53. The largest absolute Gasteiger partial charge is 0.494 e. The Hall–Kier alpha value is -2.36. The van der Waals surface area contributed by atoms with Crippen LogP contribution in [0.25, 0.3) is 0 Å². The number of benzene rings is 1. The van der Waals surface area contributed by atoms with Crippen LogP contribution in [0.4, 0.5) is 0 Å². The Bertz CT molecular complexity index is 582. The van der Waals surface area contributed by atoms with Gasteiger partial charge in [0.2, 0.25) is 5.91 Å². The summed E-state index contributed by atoms with van der Waals surface area (Å²) in [5.74, 6) is 0.874. The summed E-state index contributed by atoms with van der Waals surface area (Å²) in [6.07, 6.45) is 4.64. The first-order valence-electron chi connectivity index (χ1n) is 7.54. The number of ether oxygens (including phenoxy) is 1. The van der Waals surface area contributed by atoms with Crippen LogP contribution in [-0.2, 0) is 4.79 Å². The maximum atomic E-state index is 11.9. The molecule has 4 nitrogen and oxygen atoms in total. The van der Waals surface area contributed by atoms with E-state index in [1.807, 2.05) is 50.2 Å². The van der Waals surface area contributed by atoms with Crippen molar-refractivity contribution in [2.24, 2.45) is 0 Å². The summed E-state index contributed by atoms with van der Waals surface area (Å²) in [5.41, 5.74) is 2.21. The predicted octanol–water partition coefficient (Wildman–Crippen LogP) is 3.43. The number of amides is 1. The van der Waals surface area contributed by atoms with Crippen LogP contribution in [0.3, 0.4) is 0 Å². The Morgan fingerprint density at radius 2 is 2.05 bits per heavy atom. The van der Waals surface area contributed by atoms with Crippen molar-refractivity contribution in [2.75, 3.05) is 6.61 Å². The van der Waals surface area contributed by atoms with Crippen molar-refractivity contribution in [1.29, 1.82) is 0 Å². The van der Waals surface area contributed by atoms with Crippen LogP contribution in [0.2, 0.25) is 0 Å². The molecular formula is C18H22N2O2. The number of rotatable bonds is 7. The van der Waals surface area contributed by atoms with Gasteiger partial charge in [-0.1, -0.05) is 23.8 Å². The number of carbonyl (C=O) groups excluding carboxylic acids is 1. The summed E-state index contributed by atoms with van der Waals surface area (Å²) < 4.78 is 5.61. The fourth-order valence-corrected chi connectivity index (χ4v) is 2.09. The molecule has 0 radical (unpaired) electrons. The molecule has 1 atom stereocenters. The lowest BCUT2D eigenvalue weighted by Gasteiger charge is -2.14. The molecular weight excluding hydrogens is 276 g/mol. The van der Waals surface area contributed by atoms with E-state index in [0.717, 1.165) is 11.3 Å². The van der Waals surface area contributed by atoms with Gasteiger partial charge in [0.15, 0.2) is 0 Å². The molecule has 0 aliphatic carbocycles. The van der Waals surface area contributed by atoms with E-state index >= 15 is 0 Å². The second-order valence-corrected chi connectivity index (χ2v) is 5.34. The molecule has 22 heavy (non-hydrogen) atoms. The zero-order valence-electron chi connectivity index (χ0n) is 13.1. The molecule has 0 fully saturated rings. The minimum absolute atomic E-state index is 0.0285. The Labute approximate surface area is 131 Å². The summed E-state index contributed by atoms with van der Waals surface area (Å²) in [7, 11) is 0. The van der Waals surface area contributed by atoms with E-state index in [2.05, 4.69) is 10.3 Å². The van der Waals surface area contributed by atoms with Gasteiger partial charge in [0.05, 0.1) is 12.6 Å². The Kier molecular flexibility index (Phi) is 5.95. The highest BCUT2D eigenvalue weighted by atomic mass is 16.5. The number of hydrogen-bond donors (Lipinski definition) is 1. The molecule has 1 aromatic heterocycles. The van der Waals surface area contributed by atoms with Crippen molar-refractivity contribution < 1.29 is 9.53 Å². The van der Waals surface area contributed by atoms with Crippen molar-refractivity contribution in [2.45, 2.75) is 32.7 Å². The molecule has 2 aromatic rings. The topological polar surface area (TPSA) is 51.2 Å². The molecule has 0 bridgehead atoms. The monoisotopic (exact) mass is 298 g/mol. The van der Waals surface area contributed by atoms with Gasteiger partial charge in [0.25, 0.3) is 0 Å². The van der Waals surface area contributed by atoms with Crippen LogP contribution in [0.1, 0.15) is 36.9 Å². The molecule has 0 spiro atoms. The van der Waals surface area contributed by atoms with Gasteiger partial charge in [-0.3, -0.25) is 9.78 Å². The number of pyridine rings is 1. The number of nitrogens with one attached hydrogen (secondary N) is 1. The van der Waals surface area contributed by atoms with Gasteiger partial charge in [-0.15, -0.1) is 0 Å². The average molecular weight is 298 g/mol. The van der Waals surface area contributed by atoms with Gasteiger partial charge in [0, 0.05) is 18.8 Å². The molecule has 2 rings (SSSR count). The van der Waals surface area contributed by atoms with Crippen molar-refractivity contribution in [3.05, 3.63) is 59.9 Å². The van der Waals surface area contributed by atoms with Crippen LogP contribution in [0.5, 0.6) is 5.75 Å². The molecule has 1 N–H and O–H groups in total. The van der Waals surface area contributed by atoms with E-state index in [-0.39, 0.29) is 11.9 Å². The van der Waals surface area contributed by atoms with Gasteiger partial charge in [-0.25, -0.2) is 0 Å². The number of nitrogens with zero attached hydrogens (tertiary/aromatic N) is 1. The molecule has 4 heteroatoms. The van der Waals surface area contributed by atoms with Crippen LogP contribution in [-0.4, -0.2) is 17.5 Å². The van der Waals surface area contributed by atoms with E-state index in [1.54, 1.807) is 12.4 Å². The quantitative estimate of drug-likeness (QED) is 0.797. The van der Waals surface area contributed by atoms with E-state index in [4.69, 9.17) is 4.74 Å². The third-order valence-electron chi connectivity index (χ3n) is 3.40. The minimum Gasteiger partial charge on any atom is -0.494 e. The normalized spacial score (nSPS) is 11.7. The average Bonchev–Trinajstić information content (AvgIpc) is 2.54. The van der Waals surface area contributed by atoms with Crippen molar-refractivity contribution in [1.82, 2.24) is 10.3 Å². The third-order valence-corrected chi connectivity index (χ3v) is 3.40. The van der Waals surface area contributed by atoms with Gasteiger partial charge in [-0.2, -0.15) is 0 Å². The van der Waals surface area contributed by atoms with Gasteiger partial charge < -0.3 is 10.1 Å². The summed E-state index contributed by atoms with van der Waals surface area (Å²) in [4.78, 5) is 16.0. The Balaban J connectivity index is 1.66. The van der Waals surface area contributed by atoms with Crippen LogP contribution in [0.15, 0.2) is 48.8 Å². The van der Waals surface area contributed by atoms with Gasteiger partial charge in [0.1, 0.15) is 5.75 Å².